The molecule has 2 aromatic carbocycles. The Balaban J connectivity index is 1.94. The molecule has 2 aromatic rings. The van der Waals surface area contributed by atoms with Crippen LogP contribution in [-0.2, 0) is 22.9 Å². The minimum absolute atomic E-state index is 0.513. The summed E-state index contributed by atoms with van der Waals surface area (Å²) in [6, 6.07) is 8.05. The number of rotatable bonds is 2. The van der Waals surface area contributed by atoms with Crippen LogP contribution >= 0.6 is 15.9 Å². The third kappa shape index (κ3) is 2.14. The van der Waals surface area contributed by atoms with Crippen molar-refractivity contribution in [2.75, 3.05) is 13.1 Å². The number of halogens is 1. The fraction of sp³-hybridized carbons (Fsp3) is 0.412. The van der Waals surface area contributed by atoms with Crippen molar-refractivity contribution in [1.29, 1.82) is 0 Å². The molecule has 116 valence electrons. The van der Waals surface area contributed by atoms with Gasteiger partial charge in [0.2, 0.25) is 10.0 Å². The Labute approximate surface area is 139 Å². The van der Waals surface area contributed by atoms with E-state index in [0.717, 1.165) is 52.9 Å². The normalized spacial score (nSPS) is 19.0. The molecule has 0 radical (unpaired) electrons. The lowest BCUT2D eigenvalue weighted by Crippen LogP contribution is -2.36. The van der Waals surface area contributed by atoms with Crippen LogP contribution in [-0.4, -0.2) is 25.8 Å². The first kappa shape index (κ1) is 14.7. The van der Waals surface area contributed by atoms with Gasteiger partial charge in [-0.25, -0.2) is 8.42 Å². The molecule has 1 aliphatic carbocycles. The fourth-order valence-corrected chi connectivity index (χ4v) is 6.26. The summed E-state index contributed by atoms with van der Waals surface area (Å²) in [5.41, 5.74) is 2.28. The maximum Gasteiger partial charge on any atom is 0.243 e. The van der Waals surface area contributed by atoms with Crippen molar-refractivity contribution in [3.8, 4) is 0 Å². The van der Waals surface area contributed by atoms with E-state index in [-0.39, 0.29) is 0 Å². The molecular weight excluding hydrogens is 362 g/mol. The summed E-state index contributed by atoms with van der Waals surface area (Å²) in [4.78, 5) is 0.513. The van der Waals surface area contributed by atoms with Gasteiger partial charge in [-0.05, 0) is 53.6 Å². The summed E-state index contributed by atoms with van der Waals surface area (Å²) in [5, 5.41) is 2.27. The summed E-state index contributed by atoms with van der Waals surface area (Å²) >= 11 is 3.58. The van der Waals surface area contributed by atoms with Gasteiger partial charge in [-0.15, -0.1) is 0 Å². The van der Waals surface area contributed by atoms with Gasteiger partial charge in [0, 0.05) is 17.6 Å². The van der Waals surface area contributed by atoms with E-state index in [4.69, 9.17) is 0 Å². The molecule has 1 saturated heterocycles. The van der Waals surface area contributed by atoms with Gasteiger partial charge >= 0.3 is 0 Å². The SMILES string of the molecule is O=S(=O)(c1cc(Br)c2cccc3c2c1CC3)N1CCCCC1. The van der Waals surface area contributed by atoms with Crippen LogP contribution in [0.3, 0.4) is 0 Å². The van der Waals surface area contributed by atoms with Gasteiger partial charge in [0.1, 0.15) is 0 Å². The fourth-order valence-electron chi connectivity index (χ4n) is 3.75. The molecule has 0 amide bonds. The number of benzene rings is 2. The van der Waals surface area contributed by atoms with E-state index in [9.17, 15) is 8.42 Å². The Hall–Kier alpha value is -0.910. The average Bonchev–Trinajstić information content (AvgIpc) is 2.96. The molecule has 22 heavy (non-hydrogen) atoms. The second-order valence-electron chi connectivity index (χ2n) is 6.14. The summed E-state index contributed by atoms with van der Waals surface area (Å²) in [6.07, 6.45) is 4.82. The zero-order valence-corrected chi connectivity index (χ0v) is 14.7. The van der Waals surface area contributed by atoms with Crippen LogP contribution in [0.15, 0.2) is 33.6 Å². The van der Waals surface area contributed by atoms with Crippen LogP contribution in [0.5, 0.6) is 0 Å². The molecule has 0 spiro atoms. The van der Waals surface area contributed by atoms with Gasteiger partial charge in [-0.3, -0.25) is 0 Å². The van der Waals surface area contributed by atoms with Crippen molar-refractivity contribution >= 4 is 36.7 Å². The molecule has 0 N–H and O–H groups in total. The third-order valence-electron chi connectivity index (χ3n) is 4.84. The number of hydrogen-bond acceptors (Lipinski definition) is 2. The number of aryl methyl sites for hydroxylation is 2. The van der Waals surface area contributed by atoms with Crippen LogP contribution in [0, 0.1) is 0 Å². The molecule has 1 aliphatic heterocycles. The van der Waals surface area contributed by atoms with Gasteiger partial charge in [0.25, 0.3) is 0 Å². The zero-order chi connectivity index (χ0) is 15.3. The van der Waals surface area contributed by atoms with Crippen molar-refractivity contribution in [2.45, 2.75) is 37.0 Å². The summed E-state index contributed by atoms with van der Waals surface area (Å²) < 4.78 is 28.7. The zero-order valence-electron chi connectivity index (χ0n) is 12.3. The number of hydrogen-bond donors (Lipinski definition) is 0. The molecule has 0 saturated carbocycles. The highest BCUT2D eigenvalue weighted by atomic mass is 79.9. The average molecular weight is 380 g/mol. The topological polar surface area (TPSA) is 37.4 Å². The van der Waals surface area contributed by atoms with E-state index in [2.05, 4.69) is 34.1 Å². The Bertz CT molecular complexity index is 855. The van der Waals surface area contributed by atoms with E-state index in [1.807, 2.05) is 6.07 Å². The van der Waals surface area contributed by atoms with Crippen LogP contribution in [0.4, 0.5) is 0 Å². The number of nitrogens with zero attached hydrogens (tertiary/aromatic N) is 1. The number of piperidine rings is 1. The maximum atomic E-state index is 13.1. The predicted molar refractivity (Wildman–Crippen MR) is 91.7 cm³/mol. The van der Waals surface area contributed by atoms with Gasteiger partial charge in [0.05, 0.1) is 4.90 Å². The molecule has 0 atom stereocenters. The quantitative estimate of drug-likeness (QED) is 0.793. The van der Waals surface area contributed by atoms with E-state index < -0.39 is 10.0 Å². The van der Waals surface area contributed by atoms with Crippen molar-refractivity contribution in [3.63, 3.8) is 0 Å². The molecule has 1 fully saturated rings. The molecule has 1 heterocycles. The Kier molecular flexibility index (Phi) is 3.55. The first-order chi connectivity index (χ1) is 10.6. The monoisotopic (exact) mass is 379 g/mol. The Morgan fingerprint density at radius 2 is 1.82 bits per heavy atom. The molecule has 0 bridgehead atoms. The summed E-state index contributed by atoms with van der Waals surface area (Å²) in [6.45, 7) is 1.30. The highest BCUT2D eigenvalue weighted by Gasteiger charge is 2.31. The Morgan fingerprint density at radius 1 is 1.05 bits per heavy atom. The first-order valence-corrected chi connectivity index (χ1v) is 10.1. The van der Waals surface area contributed by atoms with Crippen LogP contribution < -0.4 is 0 Å². The first-order valence-electron chi connectivity index (χ1n) is 7.82. The van der Waals surface area contributed by atoms with Gasteiger partial charge in [-0.1, -0.05) is 40.5 Å². The van der Waals surface area contributed by atoms with Crippen LogP contribution in [0.25, 0.3) is 10.8 Å². The summed E-state index contributed by atoms with van der Waals surface area (Å²) in [5.74, 6) is 0. The lowest BCUT2D eigenvalue weighted by molar-refractivity contribution is 0.346. The smallest absolute Gasteiger partial charge is 0.207 e. The summed E-state index contributed by atoms with van der Waals surface area (Å²) in [7, 11) is -3.38. The van der Waals surface area contributed by atoms with Crippen molar-refractivity contribution < 1.29 is 8.42 Å². The van der Waals surface area contributed by atoms with Crippen molar-refractivity contribution in [1.82, 2.24) is 4.31 Å². The lowest BCUT2D eigenvalue weighted by atomic mass is 10.1. The van der Waals surface area contributed by atoms with Crippen LogP contribution in [0.1, 0.15) is 30.4 Å². The van der Waals surface area contributed by atoms with Crippen LogP contribution in [0.2, 0.25) is 0 Å². The van der Waals surface area contributed by atoms with Gasteiger partial charge in [-0.2, -0.15) is 4.31 Å². The molecule has 2 aliphatic rings. The highest BCUT2D eigenvalue weighted by molar-refractivity contribution is 9.10. The molecule has 5 heteroatoms. The van der Waals surface area contributed by atoms with E-state index in [0.29, 0.717) is 18.0 Å². The van der Waals surface area contributed by atoms with E-state index in [1.54, 1.807) is 4.31 Å². The Morgan fingerprint density at radius 3 is 2.59 bits per heavy atom. The molecule has 0 aromatic heterocycles. The standard InChI is InChI=1S/C17H18BrNO2S/c18-15-11-16(22(20,21)19-9-2-1-3-10-19)14-8-7-12-5-4-6-13(15)17(12)14/h4-6,11H,1-3,7-10H2. The minimum atomic E-state index is -3.38. The van der Waals surface area contributed by atoms with Gasteiger partial charge < -0.3 is 0 Å². The van der Waals surface area contributed by atoms with Crippen molar-refractivity contribution in [3.05, 3.63) is 39.9 Å². The molecule has 3 nitrogen and oxygen atoms in total. The molecule has 4 rings (SSSR count). The predicted octanol–water partition coefficient (Wildman–Crippen LogP) is 3.88. The largest absolute Gasteiger partial charge is 0.243 e. The number of sulfonamides is 1. The second kappa shape index (κ2) is 5.32. The molecule has 0 unspecified atom stereocenters. The minimum Gasteiger partial charge on any atom is -0.207 e. The maximum absolute atomic E-state index is 13.1. The van der Waals surface area contributed by atoms with Gasteiger partial charge in [0.15, 0.2) is 0 Å². The highest BCUT2D eigenvalue weighted by Crippen LogP contribution is 2.40. The van der Waals surface area contributed by atoms with E-state index in [1.165, 1.54) is 5.56 Å². The third-order valence-corrected chi connectivity index (χ3v) is 7.46. The van der Waals surface area contributed by atoms with E-state index >= 15 is 0 Å². The second-order valence-corrected chi connectivity index (χ2v) is 8.90. The molecular formula is C17H18BrNO2S. The lowest BCUT2D eigenvalue weighted by Gasteiger charge is -2.27. The van der Waals surface area contributed by atoms with Crippen molar-refractivity contribution in [2.24, 2.45) is 0 Å².